The molecule has 0 aliphatic carbocycles. The molecule has 0 saturated carbocycles. The average molecular weight is 270 g/mol. The van der Waals surface area contributed by atoms with E-state index in [1.165, 1.54) is 6.26 Å². The molecule has 0 heterocycles. The number of nitrogens with one attached hydrogen (secondary N) is 1. The first-order chi connectivity index (χ1) is 8.43. The average Bonchev–Trinajstić information content (AvgIpc) is 2.33. The van der Waals surface area contributed by atoms with Crippen molar-refractivity contribution < 1.29 is 8.42 Å². The Hall–Kier alpha value is -0.910. The number of benzene rings is 1. The first-order valence-electron chi connectivity index (χ1n) is 6.13. The van der Waals surface area contributed by atoms with Crippen LogP contribution in [-0.2, 0) is 16.4 Å². The van der Waals surface area contributed by atoms with E-state index in [9.17, 15) is 8.42 Å². The molecular weight excluding hydrogens is 248 g/mol. The largest absolute Gasteiger partial charge is 0.330 e. The van der Waals surface area contributed by atoms with Gasteiger partial charge in [0.15, 0.2) is 9.84 Å². The van der Waals surface area contributed by atoms with Crippen molar-refractivity contribution in [1.82, 2.24) is 5.32 Å². The quantitative estimate of drug-likeness (QED) is 0.729. The van der Waals surface area contributed by atoms with Crippen molar-refractivity contribution >= 4 is 9.84 Å². The van der Waals surface area contributed by atoms with Gasteiger partial charge >= 0.3 is 0 Å². The monoisotopic (exact) mass is 270 g/mol. The van der Waals surface area contributed by atoms with Gasteiger partial charge in [-0.25, -0.2) is 8.42 Å². The Kier molecular flexibility index (Phi) is 5.78. The van der Waals surface area contributed by atoms with E-state index in [2.05, 4.69) is 12.2 Å². The molecule has 1 aromatic carbocycles. The Morgan fingerprint density at radius 1 is 1.28 bits per heavy atom. The fourth-order valence-corrected chi connectivity index (χ4v) is 2.18. The second kappa shape index (κ2) is 6.87. The molecule has 0 saturated heterocycles. The Bertz CT molecular complexity index is 454. The fourth-order valence-electron chi connectivity index (χ4n) is 1.55. The number of rotatable bonds is 7. The van der Waals surface area contributed by atoms with Crippen LogP contribution in [0.4, 0.5) is 0 Å². The van der Waals surface area contributed by atoms with Gasteiger partial charge in [-0.2, -0.15) is 0 Å². The summed E-state index contributed by atoms with van der Waals surface area (Å²) < 4.78 is 22.6. The summed E-state index contributed by atoms with van der Waals surface area (Å²) >= 11 is 0. The summed E-state index contributed by atoms with van der Waals surface area (Å²) in [5.41, 5.74) is 6.62. The van der Waals surface area contributed by atoms with Crippen LogP contribution in [0.1, 0.15) is 18.9 Å². The summed E-state index contributed by atoms with van der Waals surface area (Å²) in [6.07, 6.45) is 2.27. The molecule has 1 aromatic rings. The van der Waals surface area contributed by atoms with Gasteiger partial charge in [-0.05, 0) is 43.1 Å². The zero-order valence-corrected chi connectivity index (χ0v) is 11.8. The summed E-state index contributed by atoms with van der Waals surface area (Å²) in [7, 11) is -3.09. The molecule has 0 radical (unpaired) electrons. The molecule has 5 heteroatoms. The van der Waals surface area contributed by atoms with E-state index >= 15 is 0 Å². The summed E-state index contributed by atoms with van der Waals surface area (Å²) in [5.74, 6) is 0.533. The van der Waals surface area contributed by atoms with Crippen molar-refractivity contribution in [2.75, 3.05) is 19.3 Å². The van der Waals surface area contributed by atoms with E-state index < -0.39 is 9.84 Å². The number of hydrogen-bond acceptors (Lipinski definition) is 4. The second-order valence-electron chi connectivity index (χ2n) is 4.72. The van der Waals surface area contributed by atoms with Crippen LogP contribution in [0.15, 0.2) is 29.2 Å². The highest BCUT2D eigenvalue weighted by atomic mass is 32.2. The molecule has 0 aliphatic rings. The van der Waals surface area contributed by atoms with E-state index in [1.807, 2.05) is 12.1 Å². The Balaban J connectivity index is 2.40. The lowest BCUT2D eigenvalue weighted by Gasteiger charge is -2.09. The Morgan fingerprint density at radius 2 is 1.89 bits per heavy atom. The van der Waals surface area contributed by atoms with Crippen LogP contribution in [0.3, 0.4) is 0 Å². The van der Waals surface area contributed by atoms with Crippen LogP contribution >= 0.6 is 0 Å². The zero-order valence-electron chi connectivity index (χ0n) is 11.0. The molecular formula is C13H22N2O2S. The van der Waals surface area contributed by atoms with E-state index in [4.69, 9.17) is 5.73 Å². The van der Waals surface area contributed by atoms with Crippen LogP contribution in [0.25, 0.3) is 0 Å². The van der Waals surface area contributed by atoms with Gasteiger partial charge in [0.25, 0.3) is 0 Å². The van der Waals surface area contributed by atoms with Crippen molar-refractivity contribution in [1.29, 1.82) is 0 Å². The van der Waals surface area contributed by atoms with E-state index in [-0.39, 0.29) is 0 Å². The topological polar surface area (TPSA) is 72.2 Å². The maximum Gasteiger partial charge on any atom is 0.175 e. The molecule has 1 unspecified atom stereocenters. The van der Waals surface area contributed by atoms with Crippen molar-refractivity contribution in [3.8, 4) is 0 Å². The first-order valence-corrected chi connectivity index (χ1v) is 8.02. The van der Waals surface area contributed by atoms with Crippen molar-refractivity contribution in [2.24, 2.45) is 11.7 Å². The lowest BCUT2D eigenvalue weighted by Crippen LogP contribution is -2.20. The molecule has 18 heavy (non-hydrogen) atoms. The molecule has 0 fully saturated rings. The predicted octanol–water partition coefficient (Wildman–Crippen LogP) is 1.16. The maximum absolute atomic E-state index is 11.3. The standard InChI is InChI=1S/C13H22N2O2S/c1-11(9-14)7-8-15-10-12-3-5-13(6-4-12)18(2,16)17/h3-6,11,15H,7-10,14H2,1-2H3. The van der Waals surface area contributed by atoms with Crippen LogP contribution in [0.5, 0.6) is 0 Å². The number of hydrogen-bond donors (Lipinski definition) is 2. The number of nitrogens with two attached hydrogens (primary N) is 1. The molecule has 0 amide bonds. The Labute approximate surface area is 110 Å². The highest BCUT2D eigenvalue weighted by Gasteiger charge is 2.05. The van der Waals surface area contributed by atoms with Gasteiger partial charge in [-0.3, -0.25) is 0 Å². The summed E-state index contributed by atoms with van der Waals surface area (Å²) in [4.78, 5) is 0.364. The summed E-state index contributed by atoms with van der Waals surface area (Å²) in [5, 5.41) is 3.32. The molecule has 3 N–H and O–H groups in total. The minimum atomic E-state index is -3.09. The normalized spacial score (nSPS) is 13.5. The minimum absolute atomic E-state index is 0.364. The first kappa shape index (κ1) is 15.1. The maximum atomic E-state index is 11.3. The molecule has 0 aliphatic heterocycles. The van der Waals surface area contributed by atoms with E-state index in [0.717, 1.165) is 25.1 Å². The van der Waals surface area contributed by atoms with Gasteiger partial charge in [0.2, 0.25) is 0 Å². The van der Waals surface area contributed by atoms with Gasteiger partial charge < -0.3 is 11.1 Å². The van der Waals surface area contributed by atoms with Gasteiger partial charge in [-0.15, -0.1) is 0 Å². The van der Waals surface area contributed by atoms with Gasteiger partial charge in [0, 0.05) is 12.8 Å². The van der Waals surface area contributed by atoms with E-state index in [1.54, 1.807) is 12.1 Å². The second-order valence-corrected chi connectivity index (χ2v) is 6.74. The molecule has 102 valence electrons. The smallest absolute Gasteiger partial charge is 0.175 e. The minimum Gasteiger partial charge on any atom is -0.330 e. The highest BCUT2D eigenvalue weighted by molar-refractivity contribution is 7.90. The molecule has 0 bridgehead atoms. The van der Waals surface area contributed by atoms with Crippen LogP contribution < -0.4 is 11.1 Å². The van der Waals surface area contributed by atoms with Crippen molar-refractivity contribution in [3.05, 3.63) is 29.8 Å². The fraction of sp³-hybridized carbons (Fsp3) is 0.538. The Morgan fingerprint density at radius 3 is 2.39 bits per heavy atom. The van der Waals surface area contributed by atoms with Crippen LogP contribution in [-0.4, -0.2) is 27.8 Å². The third-order valence-corrected chi connectivity index (χ3v) is 4.03. The SMILES string of the molecule is CC(CN)CCNCc1ccc(S(C)(=O)=O)cc1. The van der Waals surface area contributed by atoms with Crippen molar-refractivity contribution in [2.45, 2.75) is 24.8 Å². The molecule has 1 rings (SSSR count). The van der Waals surface area contributed by atoms with Crippen molar-refractivity contribution in [3.63, 3.8) is 0 Å². The van der Waals surface area contributed by atoms with Crippen LogP contribution in [0, 0.1) is 5.92 Å². The molecule has 0 aromatic heterocycles. The zero-order chi connectivity index (χ0) is 13.6. The van der Waals surface area contributed by atoms with E-state index in [0.29, 0.717) is 17.4 Å². The molecule has 1 atom stereocenters. The van der Waals surface area contributed by atoms with Gasteiger partial charge in [0.05, 0.1) is 4.90 Å². The summed E-state index contributed by atoms with van der Waals surface area (Å²) in [6, 6.07) is 6.98. The lowest BCUT2D eigenvalue weighted by atomic mass is 10.1. The van der Waals surface area contributed by atoms with Crippen LogP contribution in [0.2, 0.25) is 0 Å². The highest BCUT2D eigenvalue weighted by Crippen LogP contribution is 2.10. The van der Waals surface area contributed by atoms with Gasteiger partial charge in [-0.1, -0.05) is 19.1 Å². The lowest BCUT2D eigenvalue weighted by molar-refractivity contribution is 0.509. The number of sulfone groups is 1. The third kappa shape index (κ3) is 5.16. The summed E-state index contributed by atoms with van der Waals surface area (Å²) in [6.45, 7) is 4.51. The van der Waals surface area contributed by atoms with Gasteiger partial charge in [0.1, 0.15) is 0 Å². The third-order valence-electron chi connectivity index (χ3n) is 2.90. The predicted molar refractivity (Wildman–Crippen MR) is 74.1 cm³/mol. The molecule has 4 nitrogen and oxygen atoms in total. The molecule has 0 spiro atoms.